The molecule has 1 atom stereocenters. The zero-order valence-electron chi connectivity index (χ0n) is 14.5. The largest absolute Gasteiger partial charge is 0.454 e. The van der Waals surface area contributed by atoms with Crippen LogP contribution >= 0.6 is 11.6 Å². The number of benzene rings is 2. The SMILES string of the molecule is C[C@@H](NC(=O)COC(=O)CNC(=O)c1cccc(F)c1)c1ccc(Cl)cc1. The molecule has 0 aliphatic rings. The van der Waals surface area contributed by atoms with Crippen LogP contribution < -0.4 is 10.6 Å². The molecule has 142 valence electrons. The second-order valence-corrected chi connectivity index (χ2v) is 6.13. The zero-order valence-corrected chi connectivity index (χ0v) is 15.3. The maximum absolute atomic E-state index is 13.1. The third kappa shape index (κ3) is 6.71. The molecule has 2 N–H and O–H groups in total. The van der Waals surface area contributed by atoms with E-state index < -0.39 is 36.8 Å². The van der Waals surface area contributed by atoms with Crippen LogP contribution in [0.4, 0.5) is 4.39 Å². The van der Waals surface area contributed by atoms with Gasteiger partial charge in [0.1, 0.15) is 12.4 Å². The van der Waals surface area contributed by atoms with E-state index in [1.165, 1.54) is 18.2 Å². The van der Waals surface area contributed by atoms with E-state index in [0.717, 1.165) is 11.6 Å². The van der Waals surface area contributed by atoms with Gasteiger partial charge in [0.15, 0.2) is 6.61 Å². The number of hydrogen-bond acceptors (Lipinski definition) is 4. The van der Waals surface area contributed by atoms with Crippen LogP contribution in [0.2, 0.25) is 5.02 Å². The van der Waals surface area contributed by atoms with Crippen LogP contribution in [0.25, 0.3) is 0 Å². The molecule has 6 nitrogen and oxygen atoms in total. The second kappa shape index (κ2) is 9.68. The van der Waals surface area contributed by atoms with Gasteiger partial charge >= 0.3 is 5.97 Å². The normalized spacial score (nSPS) is 11.4. The van der Waals surface area contributed by atoms with Gasteiger partial charge < -0.3 is 15.4 Å². The molecule has 2 aromatic rings. The number of halogens is 2. The van der Waals surface area contributed by atoms with Crippen LogP contribution in [0.5, 0.6) is 0 Å². The van der Waals surface area contributed by atoms with E-state index in [9.17, 15) is 18.8 Å². The maximum Gasteiger partial charge on any atom is 0.325 e. The summed E-state index contributed by atoms with van der Waals surface area (Å²) in [5.41, 5.74) is 0.929. The van der Waals surface area contributed by atoms with Gasteiger partial charge in [0, 0.05) is 10.6 Å². The first kappa shape index (κ1) is 20.4. The molecule has 0 aliphatic carbocycles. The Morgan fingerprint density at radius 1 is 1.15 bits per heavy atom. The van der Waals surface area contributed by atoms with Crippen molar-refractivity contribution in [2.24, 2.45) is 0 Å². The topological polar surface area (TPSA) is 84.5 Å². The van der Waals surface area contributed by atoms with Crippen LogP contribution in [0.15, 0.2) is 48.5 Å². The number of carbonyl (C=O) groups is 3. The molecular weight excluding hydrogens is 375 g/mol. The third-order valence-electron chi connectivity index (χ3n) is 3.59. The number of rotatable bonds is 7. The van der Waals surface area contributed by atoms with Crippen molar-refractivity contribution in [3.05, 3.63) is 70.5 Å². The molecule has 0 aliphatic heterocycles. The lowest BCUT2D eigenvalue weighted by atomic mass is 10.1. The molecule has 0 bridgehead atoms. The van der Waals surface area contributed by atoms with Crippen LogP contribution in [0, 0.1) is 5.82 Å². The monoisotopic (exact) mass is 392 g/mol. The fourth-order valence-electron chi connectivity index (χ4n) is 2.20. The first-order valence-corrected chi connectivity index (χ1v) is 8.47. The van der Waals surface area contributed by atoms with E-state index >= 15 is 0 Å². The Hall–Kier alpha value is -2.93. The number of esters is 1. The van der Waals surface area contributed by atoms with Crippen molar-refractivity contribution in [3.63, 3.8) is 0 Å². The van der Waals surface area contributed by atoms with Crippen LogP contribution in [0.3, 0.4) is 0 Å². The summed E-state index contributed by atoms with van der Waals surface area (Å²) in [5.74, 6) is -2.44. The molecule has 2 aromatic carbocycles. The molecule has 0 saturated carbocycles. The van der Waals surface area contributed by atoms with Crippen LogP contribution in [-0.4, -0.2) is 30.9 Å². The lowest BCUT2D eigenvalue weighted by Crippen LogP contribution is -2.34. The Bertz CT molecular complexity index is 827. The summed E-state index contributed by atoms with van der Waals surface area (Å²) in [6, 6.07) is 11.7. The Labute approximate surface area is 160 Å². The van der Waals surface area contributed by atoms with Gasteiger partial charge in [-0.05, 0) is 42.8 Å². The quantitative estimate of drug-likeness (QED) is 0.709. The Balaban J connectivity index is 1.72. The minimum Gasteiger partial charge on any atom is -0.454 e. The van der Waals surface area contributed by atoms with E-state index in [0.29, 0.717) is 5.02 Å². The fraction of sp³-hybridized carbons (Fsp3) is 0.211. The van der Waals surface area contributed by atoms with Crippen molar-refractivity contribution in [1.82, 2.24) is 10.6 Å². The zero-order chi connectivity index (χ0) is 19.8. The molecule has 0 fully saturated rings. The summed E-state index contributed by atoms with van der Waals surface area (Å²) in [6.45, 7) is 0.865. The fourth-order valence-corrected chi connectivity index (χ4v) is 2.33. The number of amides is 2. The van der Waals surface area contributed by atoms with Crippen molar-refractivity contribution in [1.29, 1.82) is 0 Å². The molecular formula is C19H18ClFN2O4. The highest BCUT2D eigenvalue weighted by molar-refractivity contribution is 6.30. The van der Waals surface area contributed by atoms with Crippen molar-refractivity contribution < 1.29 is 23.5 Å². The van der Waals surface area contributed by atoms with Crippen molar-refractivity contribution in [2.75, 3.05) is 13.2 Å². The highest BCUT2D eigenvalue weighted by atomic mass is 35.5. The first-order valence-electron chi connectivity index (χ1n) is 8.09. The van der Waals surface area contributed by atoms with Gasteiger partial charge in [-0.25, -0.2) is 4.39 Å². The minimum atomic E-state index is -0.783. The predicted octanol–water partition coefficient (Wildman–Crippen LogP) is 2.63. The summed E-state index contributed by atoms with van der Waals surface area (Å²) in [4.78, 5) is 35.3. The second-order valence-electron chi connectivity index (χ2n) is 5.69. The highest BCUT2D eigenvalue weighted by Gasteiger charge is 2.13. The molecule has 0 radical (unpaired) electrons. The van der Waals surface area contributed by atoms with Gasteiger partial charge in [-0.3, -0.25) is 14.4 Å². The van der Waals surface area contributed by atoms with E-state index in [-0.39, 0.29) is 11.6 Å². The van der Waals surface area contributed by atoms with E-state index in [4.69, 9.17) is 16.3 Å². The smallest absolute Gasteiger partial charge is 0.325 e. The molecule has 2 rings (SSSR count). The molecule has 8 heteroatoms. The van der Waals surface area contributed by atoms with Crippen molar-refractivity contribution in [2.45, 2.75) is 13.0 Å². The average Bonchev–Trinajstić information content (AvgIpc) is 2.64. The van der Waals surface area contributed by atoms with Gasteiger partial charge in [-0.1, -0.05) is 29.8 Å². The van der Waals surface area contributed by atoms with E-state index in [1.54, 1.807) is 31.2 Å². The van der Waals surface area contributed by atoms with E-state index in [1.807, 2.05) is 0 Å². The molecule has 0 unspecified atom stereocenters. The molecule has 0 spiro atoms. The average molecular weight is 393 g/mol. The number of carbonyl (C=O) groups excluding carboxylic acids is 3. The Kier molecular flexibility index (Phi) is 7.31. The summed E-state index contributed by atoms with van der Waals surface area (Å²) in [5, 5.41) is 5.57. The standard InChI is InChI=1S/C19H18ClFN2O4/c1-12(13-5-7-15(20)8-6-13)23-17(24)11-27-18(25)10-22-19(26)14-3-2-4-16(21)9-14/h2-9,12H,10-11H2,1H3,(H,22,26)(H,23,24)/t12-/m1/s1. The van der Waals surface area contributed by atoms with Gasteiger partial charge in [0.05, 0.1) is 6.04 Å². The van der Waals surface area contributed by atoms with Gasteiger partial charge in [-0.15, -0.1) is 0 Å². The number of ether oxygens (including phenoxy) is 1. The predicted molar refractivity (Wildman–Crippen MR) is 97.7 cm³/mol. The Morgan fingerprint density at radius 3 is 2.52 bits per heavy atom. The summed E-state index contributed by atoms with van der Waals surface area (Å²) < 4.78 is 17.9. The molecule has 0 saturated heterocycles. The van der Waals surface area contributed by atoms with Crippen LogP contribution in [-0.2, 0) is 14.3 Å². The summed E-state index contributed by atoms with van der Waals surface area (Å²) >= 11 is 5.81. The summed E-state index contributed by atoms with van der Waals surface area (Å²) in [7, 11) is 0. The molecule has 0 aromatic heterocycles. The van der Waals surface area contributed by atoms with Crippen LogP contribution in [0.1, 0.15) is 28.9 Å². The molecule has 0 heterocycles. The minimum absolute atomic E-state index is 0.0809. The highest BCUT2D eigenvalue weighted by Crippen LogP contribution is 2.15. The lowest BCUT2D eigenvalue weighted by Gasteiger charge is -2.14. The van der Waals surface area contributed by atoms with Crippen molar-refractivity contribution >= 4 is 29.4 Å². The number of nitrogens with one attached hydrogen (secondary N) is 2. The molecule has 27 heavy (non-hydrogen) atoms. The van der Waals surface area contributed by atoms with Crippen molar-refractivity contribution in [3.8, 4) is 0 Å². The van der Waals surface area contributed by atoms with Gasteiger partial charge in [-0.2, -0.15) is 0 Å². The number of hydrogen-bond donors (Lipinski definition) is 2. The van der Waals surface area contributed by atoms with Gasteiger partial charge in [0.2, 0.25) is 0 Å². The van der Waals surface area contributed by atoms with Gasteiger partial charge in [0.25, 0.3) is 11.8 Å². The first-order chi connectivity index (χ1) is 12.8. The lowest BCUT2D eigenvalue weighted by molar-refractivity contribution is -0.147. The van der Waals surface area contributed by atoms with E-state index in [2.05, 4.69) is 10.6 Å². The Morgan fingerprint density at radius 2 is 1.85 bits per heavy atom. The maximum atomic E-state index is 13.1. The third-order valence-corrected chi connectivity index (χ3v) is 3.84. The summed E-state index contributed by atoms with van der Waals surface area (Å²) in [6.07, 6.45) is 0. The molecule has 2 amide bonds.